The van der Waals surface area contributed by atoms with E-state index < -0.39 is 0 Å². The second-order valence-corrected chi connectivity index (χ2v) is 6.32. The Morgan fingerprint density at radius 1 is 1.04 bits per heavy atom. The first-order valence-electron chi connectivity index (χ1n) is 7.64. The number of hydrogen-bond acceptors (Lipinski definition) is 3. The van der Waals surface area contributed by atoms with Crippen molar-refractivity contribution in [2.75, 3.05) is 6.26 Å². The number of para-hydroxylation sites is 1. The second-order valence-electron chi connectivity index (χ2n) is 5.44. The highest BCUT2D eigenvalue weighted by molar-refractivity contribution is 7.98. The number of rotatable bonds is 4. The first-order chi connectivity index (χ1) is 11.6. The van der Waals surface area contributed by atoms with Gasteiger partial charge in [-0.2, -0.15) is 0 Å². The molecule has 122 valence electrons. The Balaban J connectivity index is 2.00. The van der Waals surface area contributed by atoms with Gasteiger partial charge in [0, 0.05) is 18.2 Å². The fraction of sp³-hybridized carbons (Fsp3) is 0.158. The molecule has 0 radical (unpaired) electrons. The summed E-state index contributed by atoms with van der Waals surface area (Å²) < 4.78 is 3.47. The summed E-state index contributed by atoms with van der Waals surface area (Å²) in [6, 6.07) is 17.7. The van der Waals surface area contributed by atoms with Crippen molar-refractivity contribution >= 4 is 23.7 Å². The molecule has 0 atom stereocenters. The average Bonchev–Trinajstić information content (AvgIpc) is 2.83. The van der Waals surface area contributed by atoms with Crippen molar-refractivity contribution in [3.8, 4) is 5.69 Å². The molecular weight excluding hydrogens is 318 g/mol. The molecule has 0 saturated heterocycles. The Bertz CT molecular complexity index is 922. The van der Waals surface area contributed by atoms with E-state index in [2.05, 4.69) is 4.99 Å². The Hall–Kier alpha value is -2.53. The van der Waals surface area contributed by atoms with Gasteiger partial charge in [0.25, 0.3) is 5.56 Å². The Labute approximate surface area is 145 Å². The van der Waals surface area contributed by atoms with Gasteiger partial charge in [-0.05, 0) is 43.0 Å². The first-order valence-corrected chi connectivity index (χ1v) is 8.86. The number of hydrogen-bond donors (Lipinski definition) is 0. The third-order valence-corrected chi connectivity index (χ3v) is 4.73. The van der Waals surface area contributed by atoms with Crippen LogP contribution in [0.15, 0.2) is 69.3 Å². The third-order valence-electron chi connectivity index (χ3n) is 3.98. The van der Waals surface area contributed by atoms with E-state index in [0.717, 1.165) is 16.9 Å². The largest absolute Gasteiger partial charge is 0.297 e. The van der Waals surface area contributed by atoms with E-state index in [9.17, 15) is 4.79 Å². The lowest BCUT2D eigenvalue weighted by molar-refractivity contribution is 0.630. The number of benzene rings is 2. The highest BCUT2D eigenvalue weighted by Crippen LogP contribution is 2.18. The highest BCUT2D eigenvalue weighted by Gasteiger charge is 2.14. The molecule has 0 aliphatic carbocycles. The Kier molecular flexibility index (Phi) is 4.71. The summed E-state index contributed by atoms with van der Waals surface area (Å²) >= 11 is 1.70. The molecule has 0 aliphatic rings. The summed E-state index contributed by atoms with van der Waals surface area (Å²) in [6.45, 7) is 1.91. The fourth-order valence-electron chi connectivity index (χ4n) is 2.53. The predicted octanol–water partition coefficient (Wildman–Crippen LogP) is 3.96. The minimum atomic E-state index is -0.113. The van der Waals surface area contributed by atoms with Gasteiger partial charge in [-0.1, -0.05) is 30.3 Å². The maximum Gasteiger partial charge on any atom is 0.297 e. The van der Waals surface area contributed by atoms with Crippen LogP contribution in [0.4, 0.5) is 5.69 Å². The van der Waals surface area contributed by atoms with E-state index >= 15 is 0 Å². The van der Waals surface area contributed by atoms with Crippen LogP contribution in [0.1, 0.15) is 11.3 Å². The number of aliphatic imine (C=N–C) groups is 1. The van der Waals surface area contributed by atoms with Crippen LogP contribution >= 0.6 is 11.8 Å². The molecule has 0 bridgehead atoms. The summed E-state index contributed by atoms with van der Waals surface area (Å²) in [5.74, 6) is 0. The van der Waals surface area contributed by atoms with E-state index in [1.54, 1.807) is 22.7 Å². The molecule has 0 spiro atoms. The van der Waals surface area contributed by atoms with E-state index in [1.165, 1.54) is 4.90 Å². The van der Waals surface area contributed by atoms with Crippen LogP contribution in [-0.2, 0) is 7.05 Å². The molecule has 3 rings (SSSR count). The van der Waals surface area contributed by atoms with Gasteiger partial charge in [0.05, 0.1) is 11.4 Å². The van der Waals surface area contributed by atoms with E-state index in [-0.39, 0.29) is 5.56 Å². The van der Waals surface area contributed by atoms with Gasteiger partial charge < -0.3 is 0 Å². The van der Waals surface area contributed by atoms with Gasteiger partial charge in [0.1, 0.15) is 0 Å². The van der Waals surface area contributed by atoms with Gasteiger partial charge in [0.2, 0.25) is 0 Å². The summed E-state index contributed by atoms with van der Waals surface area (Å²) in [7, 11) is 1.87. The van der Waals surface area contributed by atoms with Crippen LogP contribution in [-0.4, -0.2) is 21.8 Å². The molecule has 24 heavy (non-hydrogen) atoms. The third kappa shape index (κ3) is 3.08. The van der Waals surface area contributed by atoms with Crippen LogP contribution in [0.3, 0.4) is 0 Å². The SMILES string of the molecule is CSc1ccc(C=Nc2c(C)n(C)n(-c3ccccc3)c2=O)cc1. The van der Waals surface area contributed by atoms with Gasteiger partial charge in [-0.25, -0.2) is 9.67 Å². The zero-order chi connectivity index (χ0) is 17.1. The molecule has 0 fully saturated rings. The molecule has 2 aromatic carbocycles. The average molecular weight is 337 g/mol. The van der Waals surface area contributed by atoms with Crippen molar-refractivity contribution in [3.05, 3.63) is 76.2 Å². The number of nitrogens with zero attached hydrogens (tertiary/aromatic N) is 3. The lowest BCUT2D eigenvalue weighted by Crippen LogP contribution is -2.19. The second kappa shape index (κ2) is 6.93. The molecule has 1 aromatic heterocycles. The lowest BCUT2D eigenvalue weighted by Gasteiger charge is -2.07. The Morgan fingerprint density at radius 3 is 2.33 bits per heavy atom. The topological polar surface area (TPSA) is 39.3 Å². The standard InChI is InChI=1S/C19H19N3OS/c1-14-18(20-13-15-9-11-17(24-3)12-10-15)19(23)22(21(14)2)16-7-5-4-6-8-16/h4-13H,1-3H3. The molecule has 0 amide bonds. The summed E-state index contributed by atoms with van der Waals surface area (Å²) in [4.78, 5) is 18.4. The van der Waals surface area contributed by atoms with Crippen LogP contribution in [0.5, 0.6) is 0 Å². The van der Waals surface area contributed by atoms with Crippen molar-refractivity contribution in [1.82, 2.24) is 9.36 Å². The normalized spacial score (nSPS) is 11.3. The van der Waals surface area contributed by atoms with Crippen molar-refractivity contribution in [1.29, 1.82) is 0 Å². The predicted molar refractivity (Wildman–Crippen MR) is 101 cm³/mol. The minimum absolute atomic E-state index is 0.113. The van der Waals surface area contributed by atoms with Crippen molar-refractivity contribution in [2.45, 2.75) is 11.8 Å². The van der Waals surface area contributed by atoms with Gasteiger partial charge in [-0.15, -0.1) is 11.8 Å². The molecule has 0 aliphatic heterocycles. The van der Waals surface area contributed by atoms with Crippen LogP contribution in [0.2, 0.25) is 0 Å². The minimum Gasteiger partial charge on any atom is -0.283 e. The van der Waals surface area contributed by atoms with E-state index in [4.69, 9.17) is 0 Å². The van der Waals surface area contributed by atoms with Gasteiger partial charge in [0.15, 0.2) is 5.69 Å². The molecule has 0 saturated carbocycles. The maximum atomic E-state index is 12.8. The lowest BCUT2D eigenvalue weighted by atomic mass is 10.2. The zero-order valence-electron chi connectivity index (χ0n) is 13.9. The van der Waals surface area contributed by atoms with Gasteiger partial charge in [-0.3, -0.25) is 9.48 Å². The van der Waals surface area contributed by atoms with E-state index in [1.807, 2.05) is 79.5 Å². The smallest absolute Gasteiger partial charge is 0.283 e. The number of aromatic nitrogens is 2. The molecular formula is C19H19N3OS. The van der Waals surface area contributed by atoms with Crippen molar-refractivity contribution in [2.24, 2.45) is 12.0 Å². The van der Waals surface area contributed by atoms with Crippen molar-refractivity contribution in [3.63, 3.8) is 0 Å². The van der Waals surface area contributed by atoms with Crippen LogP contribution < -0.4 is 5.56 Å². The zero-order valence-corrected chi connectivity index (χ0v) is 14.7. The maximum absolute atomic E-state index is 12.8. The summed E-state index contributed by atoms with van der Waals surface area (Å²) in [5.41, 5.74) is 3.00. The summed E-state index contributed by atoms with van der Waals surface area (Å²) in [5, 5.41) is 0. The monoisotopic (exact) mass is 337 g/mol. The fourth-order valence-corrected chi connectivity index (χ4v) is 2.94. The van der Waals surface area contributed by atoms with Crippen LogP contribution in [0, 0.1) is 6.92 Å². The molecule has 3 aromatic rings. The van der Waals surface area contributed by atoms with Crippen LogP contribution in [0.25, 0.3) is 5.69 Å². The quantitative estimate of drug-likeness (QED) is 0.534. The molecule has 1 heterocycles. The van der Waals surface area contributed by atoms with Crippen molar-refractivity contribution < 1.29 is 0 Å². The summed E-state index contributed by atoms with van der Waals surface area (Å²) in [6.07, 6.45) is 3.78. The first kappa shape index (κ1) is 16.3. The number of thioether (sulfide) groups is 1. The highest BCUT2D eigenvalue weighted by atomic mass is 32.2. The molecule has 4 nitrogen and oxygen atoms in total. The Morgan fingerprint density at radius 2 is 1.71 bits per heavy atom. The van der Waals surface area contributed by atoms with E-state index in [0.29, 0.717) is 5.69 Å². The molecule has 0 unspecified atom stereocenters. The van der Waals surface area contributed by atoms with Gasteiger partial charge >= 0.3 is 0 Å². The molecule has 5 heteroatoms. The molecule has 0 N–H and O–H groups in total.